The summed E-state index contributed by atoms with van der Waals surface area (Å²) in [6, 6.07) is 14.4. The number of carbonyl (C=O) groups excluding carboxylic acids is 3. The number of carbonyl (C=O) groups is 3. The second-order valence-electron chi connectivity index (χ2n) is 9.46. The van der Waals surface area contributed by atoms with Gasteiger partial charge in [-0.3, -0.25) is 9.59 Å². The van der Waals surface area contributed by atoms with Crippen molar-refractivity contribution < 1.29 is 29.2 Å². The average molecular weight is 462 g/mol. The molecule has 9 heteroatoms. The van der Waals surface area contributed by atoms with Gasteiger partial charge in [-0.15, -0.1) is 0 Å². The van der Waals surface area contributed by atoms with Crippen LogP contribution >= 0.6 is 0 Å². The number of aryl methyl sites for hydroxylation is 1. The van der Waals surface area contributed by atoms with E-state index >= 15 is 0 Å². The van der Waals surface area contributed by atoms with Crippen molar-refractivity contribution in [1.82, 2.24) is 9.80 Å². The lowest BCUT2D eigenvalue weighted by Gasteiger charge is -2.30. The predicted molar refractivity (Wildman–Crippen MR) is 124 cm³/mol. The summed E-state index contributed by atoms with van der Waals surface area (Å²) in [5.74, 6) is -0.402. The molecule has 2 fully saturated rings. The van der Waals surface area contributed by atoms with Gasteiger partial charge in [-0.1, -0.05) is 48.5 Å². The Morgan fingerprint density at radius 1 is 1.21 bits per heavy atom. The van der Waals surface area contributed by atoms with Crippen molar-refractivity contribution in [3.8, 4) is 0 Å². The van der Waals surface area contributed by atoms with E-state index in [1.807, 2.05) is 37.3 Å². The van der Waals surface area contributed by atoms with Gasteiger partial charge in [0, 0.05) is 24.6 Å². The molecule has 2 aromatic carbocycles. The highest BCUT2D eigenvalue weighted by molar-refractivity contribution is 6.58. The Balaban J connectivity index is 1.37. The van der Waals surface area contributed by atoms with Crippen LogP contribution in [0.15, 0.2) is 48.5 Å². The maximum absolute atomic E-state index is 13.5. The molecule has 1 saturated heterocycles. The van der Waals surface area contributed by atoms with Crippen LogP contribution in [0.1, 0.15) is 42.9 Å². The van der Waals surface area contributed by atoms with E-state index in [1.165, 1.54) is 6.07 Å². The molecule has 1 unspecified atom stereocenters. The standard InChI is InChI=1S/C25H27BN2O6/c1-16(18-7-8-18)27(14-17-5-3-2-4-6-17)22(29)15-28-23(30)25(34-24(28)31)12-11-19-13-20(26(32)33)9-10-21(19)25/h2-6,9-10,13,16,18,32-33H,7-8,11-12,14-15H2,1H3/t16-,25?/m0/s1. The van der Waals surface area contributed by atoms with E-state index in [-0.39, 0.29) is 24.9 Å². The van der Waals surface area contributed by atoms with Gasteiger partial charge in [0.15, 0.2) is 0 Å². The Labute approximate surface area is 198 Å². The number of nitrogens with zero attached hydrogens (tertiary/aromatic N) is 2. The minimum absolute atomic E-state index is 0.00549. The summed E-state index contributed by atoms with van der Waals surface area (Å²) in [7, 11) is -1.62. The fourth-order valence-electron chi connectivity index (χ4n) is 5.13. The van der Waals surface area contributed by atoms with Crippen LogP contribution in [0.3, 0.4) is 0 Å². The van der Waals surface area contributed by atoms with Crippen molar-refractivity contribution in [2.24, 2.45) is 5.92 Å². The molecule has 176 valence electrons. The Bertz CT molecular complexity index is 1140. The van der Waals surface area contributed by atoms with Crippen LogP contribution in [-0.2, 0) is 32.9 Å². The molecule has 2 aliphatic carbocycles. The summed E-state index contributed by atoms with van der Waals surface area (Å²) >= 11 is 0. The summed E-state index contributed by atoms with van der Waals surface area (Å²) in [6.07, 6.45) is 2.02. The third-order valence-electron chi connectivity index (χ3n) is 7.29. The van der Waals surface area contributed by atoms with Gasteiger partial charge in [-0.2, -0.15) is 0 Å². The summed E-state index contributed by atoms with van der Waals surface area (Å²) in [5, 5.41) is 18.9. The maximum Gasteiger partial charge on any atom is 0.488 e. The molecular formula is C25H27BN2O6. The molecule has 1 heterocycles. The van der Waals surface area contributed by atoms with Gasteiger partial charge in [-0.25, -0.2) is 9.69 Å². The topological polar surface area (TPSA) is 107 Å². The van der Waals surface area contributed by atoms with Gasteiger partial charge in [0.2, 0.25) is 11.5 Å². The van der Waals surface area contributed by atoms with E-state index in [4.69, 9.17) is 4.74 Å². The lowest BCUT2D eigenvalue weighted by Crippen LogP contribution is -2.47. The van der Waals surface area contributed by atoms with Gasteiger partial charge >= 0.3 is 13.2 Å². The van der Waals surface area contributed by atoms with Crippen LogP contribution in [0.5, 0.6) is 0 Å². The molecule has 5 rings (SSSR count). The third kappa shape index (κ3) is 3.88. The van der Waals surface area contributed by atoms with E-state index in [9.17, 15) is 24.4 Å². The Kier molecular flexibility index (Phi) is 5.69. The van der Waals surface area contributed by atoms with Crippen molar-refractivity contribution in [1.29, 1.82) is 0 Å². The van der Waals surface area contributed by atoms with Gasteiger partial charge in [0.25, 0.3) is 5.91 Å². The number of benzene rings is 2. The second-order valence-corrected chi connectivity index (χ2v) is 9.46. The van der Waals surface area contributed by atoms with Crippen LogP contribution in [0.4, 0.5) is 4.79 Å². The zero-order valence-corrected chi connectivity index (χ0v) is 19.0. The Morgan fingerprint density at radius 2 is 1.94 bits per heavy atom. The molecule has 0 aromatic heterocycles. The molecule has 2 N–H and O–H groups in total. The van der Waals surface area contributed by atoms with Crippen molar-refractivity contribution in [3.63, 3.8) is 0 Å². The van der Waals surface area contributed by atoms with Crippen molar-refractivity contribution in [2.75, 3.05) is 6.54 Å². The quantitative estimate of drug-likeness (QED) is 0.601. The lowest BCUT2D eigenvalue weighted by molar-refractivity contribution is -0.143. The van der Waals surface area contributed by atoms with Crippen LogP contribution in [-0.4, -0.2) is 57.5 Å². The number of imide groups is 1. The summed E-state index contributed by atoms with van der Waals surface area (Å²) in [4.78, 5) is 42.3. The fraction of sp³-hybridized carbons (Fsp3) is 0.400. The molecule has 0 bridgehead atoms. The van der Waals surface area contributed by atoms with Crippen molar-refractivity contribution >= 4 is 30.5 Å². The first-order valence-electron chi connectivity index (χ1n) is 11.7. The van der Waals surface area contributed by atoms with Crippen LogP contribution in [0.2, 0.25) is 0 Å². The summed E-state index contributed by atoms with van der Waals surface area (Å²) < 4.78 is 5.62. The van der Waals surface area contributed by atoms with Crippen molar-refractivity contribution in [3.05, 3.63) is 65.2 Å². The molecule has 1 saturated carbocycles. The monoisotopic (exact) mass is 462 g/mol. The minimum Gasteiger partial charge on any atom is -0.427 e. The molecule has 1 spiro atoms. The van der Waals surface area contributed by atoms with Crippen molar-refractivity contribution in [2.45, 2.75) is 50.8 Å². The number of amides is 3. The van der Waals surface area contributed by atoms with Crippen LogP contribution < -0.4 is 5.46 Å². The normalized spacial score (nSPS) is 22.0. The molecule has 8 nitrogen and oxygen atoms in total. The fourth-order valence-corrected chi connectivity index (χ4v) is 5.13. The molecule has 0 radical (unpaired) electrons. The number of hydrogen-bond acceptors (Lipinski definition) is 6. The molecule has 34 heavy (non-hydrogen) atoms. The lowest BCUT2D eigenvalue weighted by atomic mass is 9.78. The van der Waals surface area contributed by atoms with Gasteiger partial charge in [0.1, 0.15) is 6.54 Å². The van der Waals surface area contributed by atoms with E-state index in [2.05, 4.69) is 0 Å². The highest BCUT2D eigenvalue weighted by Gasteiger charge is 2.58. The van der Waals surface area contributed by atoms with Gasteiger partial charge < -0.3 is 19.7 Å². The van der Waals surface area contributed by atoms with Crippen LogP contribution in [0.25, 0.3) is 0 Å². The van der Waals surface area contributed by atoms with E-state index < -0.39 is 24.7 Å². The molecular weight excluding hydrogens is 435 g/mol. The summed E-state index contributed by atoms with van der Waals surface area (Å²) in [5.41, 5.74) is 1.11. The summed E-state index contributed by atoms with van der Waals surface area (Å²) in [6.45, 7) is 2.06. The van der Waals surface area contributed by atoms with E-state index in [1.54, 1.807) is 17.0 Å². The smallest absolute Gasteiger partial charge is 0.427 e. The number of fused-ring (bicyclic) bond motifs is 2. The number of ether oxygens (including phenoxy) is 1. The minimum atomic E-state index is -1.62. The highest BCUT2D eigenvalue weighted by atomic mass is 16.6. The third-order valence-corrected chi connectivity index (χ3v) is 7.29. The zero-order valence-electron chi connectivity index (χ0n) is 19.0. The van der Waals surface area contributed by atoms with E-state index in [0.29, 0.717) is 29.9 Å². The zero-order chi connectivity index (χ0) is 24.0. The molecule has 2 aromatic rings. The second kappa shape index (κ2) is 8.56. The van der Waals surface area contributed by atoms with Gasteiger partial charge in [-0.05, 0) is 48.7 Å². The maximum atomic E-state index is 13.5. The highest BCUT2D eigenvalue weighted by Crippen LogP contribution is 2.45. The molecule has 3 aliphatic rings. The SMILES string of the molecule is C[C@@H](C1CC1)N(Cc1ccccc1)C(=O)CN1C(=O)OC2(CCc3cc(B(O)O)ccc32)C1=O. The first-order valence-corrected chi connectivity index (χ1v) is 11.7. The first kappa shape index (κ1) is 22.6. The molecule has 1 aliphatic heterocycles. The van der Waals surface area contributed by atoms with E-state index in [0.717, 1.165) is 28.9 Å². The average Bonchev–Trinajstić information content (AvgIpc) is 3.58. The Morgan fingerprint density at radius 3 is 2.62 bits per heavy atom. The number of hydrogen-bond donors (Lipinski definition) is 2. The Hall–Kier alpha value is -3.17. The molecule has 3 amide bonds. The molecule has 2 atom stereocenters. The predicted octanol–water partition coefficient (Wildman–Crippen LogP) is 1.31. The van der Waals surface area contributed by atoms with Gasteiger partial charge in [0.05, 0.1) is 0 Å². The number of rotatable bonds is 7. The largest absolute Gasteiger partial charge is 0.488 e. The first-order chi connectivity index (χ1) is 16.3. The van der Waals surface area contributed by atoms with Crippen LogP contribution in [0, 0.1) is 5.92 Å².